The van der Waals surface area contributed by atoms with E-state index < -0.39 is 0 Å². The summed E-state index contributed by atoms with van der Waals surface area (Å²) in [5.41, 5.74) is 3.83. The van der Waals surface area contributed by atoms with Gasteiger partial charge >= 0.3 is 0 Å². The van der Waals surface area contributed by atoms with E-state index in [1.165, 1.54) is 16.7 Å². The van der Waals surface area contributed by atoms with Crippen LogP contribution in [0, 0.1) is 17.3 Å². The molecule has 0 spiro atoms. The lowest BCUT2D eigenvalue weighted by Gasteiger charge is -2.19. The summed E-state index contributed by atoms with van der Waals surface area (Å²) < 4.78 is 0. The van der Waals surface area contributed by atoms with E-state index in [4.69, 9.17) is 12.2 Å². The lowest BCUT2D eigenvalue weighted by atomic mass is 9.98. The van der Waals surface area contributed by atoms with Crippen LogP contribution in [0.2, 0.25) is 0 Å². The highest BCUT2D eigenvalue weighted by Crippen LogP contribution is 2.23. The third kappa shape index (κ3) is 9.41. The van der Waals surface area contributed by atoms with Gasteiger partial charge in [0.15, 0.2) is 0 Å². The average molecular weight is 425 g/mol. The Kier molecular flexibility index (Phi) is 9.60. The van der Waals surface area contributed by atoms with Crippen LogP contribution in [0.4, 0.5) is 0 Å². The minimum absolute atomic E-state index is 0.0532. The van der Waals surface area contributed by atoms with Gasteiger partial charge in [0.2, 0.25) is 0 Å². The van der Waals surface area contributed by atoms with Crippen molar-refractivity contribution in [3.8, 4) is 23.0 Å². The van der Waals surface area contributed by atoms with E-state index in [0.717, 1.165) is 37.6 Å². The third-order valence-corrected chi connectivity index (χ3v) is 5.33. The van der Waals surface area contributed by atoms with E-state index in [2.05, 4.69) is 96.9 Å². The standard InChI is InChI=1S/C25H32N2S2/c1-5-27(15-8-6-7-13-25(2,3)4)16-14-26-24(28)19-21-10-9-11-22(18-21)23-12-17-29-20-23/h6,8-12,17-18,20H,5,14-16,19H2,1-4H3,(H,26,28)/b8-6+. The molecule has 1 aromatic carbocycles. The lowest BCUT2D eigenvalue weighted by Crippen LogP contribution is -2.35. The molecule has 29 heavy (non-hydrogen) atoms. The van der Waals surface area contributed by atoms with E-state index in [-0.39, 0.29) is 5.41 Å². The molecule has 0 unspecified atom stereocenters. The molecule has 1 heterocycles. The highest BCUT2D eigenvalue weighted by molar-refractivity contribution is 7.80. The van der Waals surface area contributed by atoms with Gasteiger partial charge in [0.25, 0.3) is 0 Å². The molecule has 1 aromatic heterocycles. The predicted octanol–water partition coefficient (Wildman–Crippen LogP) is 5.80. The van der Waals surface area contributed by atoms with Crippen LogP contribution in [-0.4, -0.2) is 36.1 Å². The number of nitrogens with zero attached hydrogens (tertiary/aromatic N) is 1. The lowest BCUT2D eigenvalue weighted by molar-refractivity contribution is 0.324. The molecule has 0 aliphatic heterocycles. The number of thiocarbonyl (C=S) groups is 1. The Bertz CT molecular complexity index is 849. The first-order valence-electron chi connectivity index (χ1n) is 10.2. The molecule has 0 atom stereocenters. The van der Waals surface area contributed by atoms with Crippen molar-refractivity contribution in [1.82, 2.24) is 10.2 Å². The number of hydrogen-bond acceptors (Lipinski definition) is 3. The molecule has 1 N–H and O–H groups in total. The fraction of sp³-hybridized carbons (Fsp3) is 0.400. The third-order valence-electron chi connectivity index (χ3n) is 4.36. The van der Waals surface area contributed by atoms with Gasteiger partial charge in [-0.1, -0.05) is 61.3 Å². The second-order valence-corrected chi connectivity index (χ2v) is 9.33. The van der Waals surface area contributed by atoms with Crippen molar-refractivity contribution in [2.75, 3.05) is 26.2 Å². The van der Waals surface area contributed by atoms with E-state index >= 15 is 0 Å². The van der Waals surface area contributed by atoms with Gasteiger partial charge in [-0.15, -0.1) is 0 Å². The summed E-state index contributed by atoms with van der Waals surface area (Å²) in [6, 6.07) is 10.8. The molecule has 0 fully saturated rings. The minimum atomic E-state index is 0.0532. The van der Waals surface area contributed by atoms with Crippen LogP contribution in [0.15, 0.2) is 53.2 Å². The van der Waals surface area contributed by atoms with Crippen LogP contribution >= 0.6 is 23.6 Å². The average Bonchev–Trinajstić information content (AvgIpc) is 3.20. The number of benzene rings is 1. The van der Waals surface area contributed by atoms with Crippen LogP contribution in [0.25, 0.3) is 11.1 Å². The number of likely N-dealkylation sites (N-methyl/N-ethyl adjacent to an activating group) is 1. The Hall–Kier alpha value is -1.93. The molecule has 0 saturated carbocycles. The van der Waals surface area contributed by atoms with Gasteiger partial charge in [0.05, 0.1) is 4.99 Å². The van der Waals surface area contributed by atoms with Crippen LogP contribution in [0.1, 0.15) is 33.3 Å². The maximum Gasteiger partial charge on any atom is 0.0798 e. The summed E-state index contributed by atoms with van der Waals surface area (Å²) in [5.74, 6) is 6.35. The van der Waals surface area contributed by atoms with Crippen molar-refractivity contribution in [1.29, 1.82) is 0 Å². The summed E-state index contributed by atoms with van der Waals surface area (Å²) in [5, 5.41) is 7.70. The first kappa shape index (κ1) is 23.3. The van der Waals surface area contributed by atoms with E-state index in [1.54, 1.807) is 11.3 Å². The topological polar surface area (TPSA) is 15.3 Å². The molecule has 0 amide bonds. The minimum Gasteiger partial charge on any atom is -0.378 e. The number of nitrogens with one attached hydrogen (secondary N) is 1. The smallest absolute Gasteiger partial charge is 0.0798 e. The van der Waals surface area contributed by atoms with Gasteiger partial charge in [-0.3, -0.25) is 4.90 Å². The molecule has 154 valence electrons. The fourth-order valence-corrected chi connectivity index (χ4v) is 3.72. The summed E-state index contributed by atoms with van der Waals surface area (Å²) in [6.45, 7) is 12.3. The van der Waals surface area contributed by atoms with Crippen molar-refractivity contribution < 1.29 is 0 Å². The zero-order valence-electron chi connectivity index (χ0n) is 18.0. The summed E-state index contributed by atoms with van der Waals surface area (Å²) in [6.07, 6.45) is 4.88. The molecular weight excluding hydrogens is 392 g/mol. The van der Waals surface area contributed by atoms with Crippen molar-refractivity contribution in [3.63, 3.8) is 0 Å². The van der Waals surface area contributed by atoms with Gasteiger partial charge in [-0.2, -0.15) is 11.3 Å². The number of allylic oxidation sites excluding steroid dienone is 1. The number of thiophene rings is 1. The zero-order chi connectivity index (χ0) is 21.1. The van der Waals surface area contributed by atoms with Crippen molar-refractivity contribution in [2.24, 2.45) is 5.41 Å². The monoisotopic (exact) mass is 424 g/mol. The Balaban J connectivity index is 1.75. The Morgan fingerprint density at radius 2 is 2.07 bits per heavy atom. The fourth-order valence-electron chi connectivity index (χ4n) is 2.79. The second kappa shape index (κ2) is 11.9. The van der Waals surface area contributed by atoms with Crippen molar-refractivity contribution in [3.05, 3.63) is 58.8 Å². The van der Waals surface area contributed by atoms with Crippen molar-refractivity contribution >= 4 is 28.5 Å². The van der Waals surface area contributed by atoms with Gasteiger partial charge in [0, 0.05) is 31.5 Å². The molecule has 0 aliphatic rings. The highest BCUT2D eigenvalue weighted by atomic mass is 32.1. The number of rotatable bonds is 9. The van der Waals surface area contributed by atoms with Crippen LogP contribution < -0.4 is 5.32 Å². The quantitative estimate of drug-likeness (QED) is 0.404. The van der Waals surface area contributed by atoms with Gasteiger partial charge in [-0.25, -0.2) is 0 Å². The van der Waals surface area contributed by atoms with E-state index in [9.17, 15) is 0 Å². The largest absolute Gasteiger partial charge is 0.378 e. The highest BCUT2D eigenvalue weighted by Gasteiger charge is 2.05. The Morgan fingerprint density at radius 1 is 1.24 bits per heavy atom. The molecular formula is C25H32N2S2. The summed E-state index contributed by atoms with van der Waals surface area (Å²) in [4.78, 5) is 3.28. The van der Waals surface area contributed by atoms with Gasteiger partial charge in [-0.05, 0) is 66.9 Å². The molecule has 0 aliphatic carbocycles. The van der Waals surface area contributed by atoms with E-state index in [1.807, 2.05) is 6.08 Å². The summed E-state index contributed by atoms with van der Waals surface area (Å²) in [7, 11) is 0. The van der Waals surface area contributed by atoms with Gasteiger partial charge in [0.1, 0.15) is 0 Å². The number of hydrogen-bond donors (Lipinski definition) is 1. The maximum absolute atomic E-state index is 5.56. The zero-order valence-corrected chi connectivity index (χ0v) is 19.6. The molecule has 4 heteroatoms. The molecule has 0 radical (unpaired) electrons. The van der Waals surface area contributed by atoms with Gasteiger partial charge < -0.3 is 5.32 Å². The Morgan fingerprint density at radius 3 is 2.76 bits per heavy atom. The molecule has 2 aromatic rings. The second-order valence-electron chi connectivity index (χ2n) is 8.05. The van der Waals surface area contributed by atoms with Crippen LogP contribution in [0.3, 0.4) is 0 Å². The van der Waals surface area contributed by atoms with Crippen LogP contribution in [0.5, 0.6) is 0 Å². The Labute approximate surface area is 186 Å². The maximum atomic E-state index is 5.56. The van der Waals surface area contributed by atoms with Crippen LogP contribution in [-0.2, 0) is 6.42 Å². The SMILES string of the molecule is CCN(C/C=C/C#CC(C)(C)C)CCNC(=S)Cc1cccc(-c2ccsc2)c1. The predicted molar refractivity (Wildman–Crippen MR) is 133 cm³/mol. The molecule has 2 nitrogen and oxygen atoms in total. The summed E-state index contributed by atoms with van der Waals surface area (Å²) >= 11 is 7.29. The molecule has 0 bridgehead atoms. The van der Waals surface area contributed by atoms with Crippen molar-refractivity contribution in [2.45, 2.75) is 34.1 Å². The first-order valence-corrected chi connectivity index (χ1v) is 11.5. The molecule has 0 saturated heterocycles. The molecule has 2 rings (SSSR count). The first-order chi connectivity index (χ1) is 13.9. The van der Waals surface area contributed by atoms with E-state index in [0.29, 0.717) is 0 Å². The normalized spacial score (nSPS) is 11.5.